The van der Waals surface area contributed by atoms with Gasteiger partial charge in [-0.1, -0.05) is 23.4 Å². The quantitative estimate of drug-likeness (QED) is 0.630. The summed E-state index contributed by atoms with van der Waals surface area (Å²) in [6.07, 6.45) is 0. The Kier molecular flexibility index (Phi) is 5.74. The fraction of sp³-hybridized carbons (Fsp3) is 0.211. The summed E-state index contributed by atoms with van der Waals surface area (Å²) >= 11 is 0. The molecule has 0 bridgehead atoms. The molecule has 0 aliphatic carbocycles. The van der Waals surface area contributed by atoms with Gasteiger partial charge in [0.25, 0.3) is 5.91 Å². The highest BCUT2D eigenvalue weighted by atomic mass is 32.2. The second-order valence-corrected chi connectivity index (χ2v) is 8.11. The maximum absolute atomic E-state index is 12.2. The molecule has 1 amide bonds. The number of nitrogens with zero attached hydrogens (tertiary/aromatic N) is 2. The minimum Gasteiger partial charge on any atom is -0.341 e. The molecule has 1 aromatic heterocycles. The second kappa shape index (κ2) is 8.22. The van der Waals surface area contributed by atoms with E-state index in [2.05, 4.69) is 20.2 Å². The van der Waals surface area contributed by atoms with Crippen LogP contribution in [-0.2, 0) is 10.0 Å². The molecule has 2 N–H and O–H groups in total. The molecule has 2 aromatic carbocycles. The van der Waals surface area contributed by atoms with E-state index in [1.54, 1.807) is 62.4 Å². The number of sulfonamides is 1. The third-order valence-electron chi connectivity index (χ3n) is 3.99. The minimum atomic E-state index is -3.33. The first-order valence-corrected chi connectivity index (χ1v) is 10.3. The lowest BCUT2D eigenvalue weighted by Crippen LogP contribution is -2.26. The van der Waals surface area contributed by atoms with E-state index in [1.807, 2.05) is 6.07 Å². The average molecular weight is 400 g/mol. The molecule has 0 saturated heterocycles. The molecule has 0 spiro atoms. The lowest BCUT2D eigenvalue weighted by atomic mass is 10.2. The van der Waals surface area contributed by atoms with Gasteiger partial charge in [-0.25, -0.2) is 8.42 Å². The number of carbonyl (C=O) groups excluding carboxylic acids is 1. The molecule has 0 fully saturated rings. The van der Waals surface area contributed by atoms with Crippen molar-refractivity contribution < 1.29 is 17.7 Å². The molecular formula is C19H20N4O4S. The Balaban J connectivity index is 1.68. The van der Waals surface area contributed by atoms with E-state index >= 15 is 0 Å². The first kappa shape index (κ1) is 19.6. The van der Waals surface area contributed by atoms with E-state index in [0.717, 1.165) is 0 Å². The standard InChI is InChI=1S/C19H20N4O4S/c1-3-28(25,26)23-16-11-9-14(10-12-16)17-21-19(27-22-17)13(2)20-18(24)15-7-5-4-6-8-15/h4-13,23H,3H2,1-2H3,(H,20,24)/t13-/m1/s1. The van der Waals surface area contributed by atoms with Gasteiger partial charge in [0.05, 0.1) is 5.75 Å². The van der Waals surface area contributed by atoms with Gasteiger partial charge in [0.1, 0.15) is 6.04 Å². The molecule has 28 heavy (non-hydrogen) atoms. The highest BCUT2D eigenvalue weighted by molar-refractivity contribution is 7.92. The highest BCUT2D eigenvalue weighted by Gasteiger charge is 2.18. The Labute approximate surface area is 163 Å². The zero-order chi connectivity index (χ0) is 20.1. The Hall–Kier alpha value is -3.20. The lowest BCUT2D eigenvalue weighted by molar-refractivity contribution is 0.0932. The first-order valence-electron chi connectivity index (χ1n) is 8.68. The highest BCUT2D eigenvalue weighted by Crippen LogP contribution is 2.21. The Bertz CT molecular complexity index is 1050. The van der Waals surface area contributed by atoms with Gasteiger partial charge in [-0.15, -0.1) is 0 Å². The molecule has 0 saturated carbocycles. The van der Waals surface area contributed by atoms with Crippen molar-refractivity contribution in [2.24, 2.45) is 0 Å². The monoisotopic (exact) mass is 400 g/mol. The van der Waals surface area contributed by atoms with Gasteiger partial charge in [-0.3, -0.25) is 9.52 Å². The number of hydrogen-bond acceptors (Lipinski definition) is 6. The number of aromatic nitrogens is 2. The van der Waals surface area contributed by atoms with Crippen molar-refractivity contribution in [3.8, 4) is 11.4 Å². The number of anilines is 1. The fourth-order valence-corrected chi connectivity index (χ4v) is 3.04. The van der Waals surface area contributed by atoms with Gasteiger partial charge in [0.2, 0.25) is 21.7 Å². The number of amides is 1. The van der Waals surface area contributed by atoms with E-state index in [4.69, 9.17) is 4.52 Å². The number of rotatable bonds is 7. The molecule has 3 aromatic rings. The number of hydrogen-bond donors (Lipinski definition) is 2. The van der Waals surface area contributed by atoms with E-state index in [1.165, 1.54) is 0 Å². The first-order chi connectivity index (χ1) is 13.4. The molecule has 0 aliphatic rings. The van der Waals surface area contributed by atoms with E-state index in [9.17, 15) is 13.2 Å². The predicted molar refractivity (Wildman–Crippen MR) is 105 cm³/mol. The number of nitrogens with one attached hydrogen (secondary N) is 2. The molecule has 1 heterocycles. The third-order valence-corrected chi connectivity index (χ3v) is 5.30. The SMILES string of the molecule is CCS(=O)(=O)Nc1ccc(-c2noc([C@@H](C)NC(=O)c3ccccc3)n2)cc1. The maximum Gasteiger partial charge on any atom is 0.251 e. The van der Waals surface area contributed by atoms with Crippen molar-refractivity contribution in [3.05, 3.63) is 66.1 Å². The summed E-state index contributed by atoms with van der Waals surface area (Å²) in [4.78, 5) is 16.5. The van der Waals surface area contributed by atoms with Crippen LogP contribution in [0, 0.1) is 0 Å². The predicted octanol–water partition coefficient (Wildman–Crippen LogP) is 2.99. The van der Waals surface area contributed by atoms with Crippen LogP contribution in [0.4, 0.5) is 5.69 Å². The molecule has 146 valence electrons. The average Bonchev–Trinajstić information content (AvgIpc) is 3.19. The summed E-state index contributed by atoms with van der Waals surface area (Å²) in [7, 11) is -3.33. The normalized spacial score (nSPS) is 12.4. The zero-order valence-electron chi connectivity index (χ0n) is 15.4. The van der Waals surface area contributed by atoms with Crippen LogP contribution < -0.4 is 10.0 Å². The molecular weight excluding hydrogens is 380 g/mol. The second-order valence-electron chi connectivity index (χ2n) is 6.10. The Morgan fingerprint density at radius 2 is 1.79 bits per heavy atom. The lowest BCUT2D eigenvalue weighted by Gasteiger charge is -2.09. The Morgan fingerprint density at radius 3 is 2.43 bits per heavy atom. The molecule has 0 radical (unpaired) electrons. The van der Waals surface area contributed by atoms with Crippen molar-refractivity contribution in [2.45, 2.75) is 19.9 Å². The molecule has 3 rings (SSSR count). The summed E-state index contributed by atoms with van der Waals surface area (Å²) in [5.41, 5.74) is 1.66. The van der Waals surface area contributed by atoms with Gasteiger partial charge in [0, 0.05) is 16.8 Å². The summed E-state index contributed by atoms with van der Waals surface area (Å²) in [5.74, 6) is 0.381. The van der Waals surface area contributed by atoms with Crippen molar-refractivity contribution >= 4 is 21.6 Å². The smallest absolute Gasteiger partial charge is 0.251 e. The maximum atomic E-state index is 12.2. The van der Waals surface area contributed by atoms with Crippen LogP contribution in [0.25, 0.3) is 11.4 Å². The zero-order valence-corrected chi connectivity index (χ0v) is 16.2. The van der Waals surface area contributed by atoms with Crippen LogP contribution in [0.5, 0.6) is 0 Å². The summed E-state index contributed by atoms with van der Waals surface area (Å²) < 4.78 is 30.9. The number of benzene rings is 2. The molecule has 1 atom stereocenters. The van der Waals surface area contributed by atoms with E-state index in [-0.39, 0.29) is 17.6 Å². The van der Waals surface area contributed by atoms with Crippen LogP contribution in [0.3, 0.4) is 0 Å². The van der Waals surface area contributed by atoms with Gasteiger partial charge < -0.3 is 9.84 Å². The number of carbonyl (C=O) groups is 1. The van der Waals surface area contributed by atoms with Gasteiger partial charge in [0.15, 0.2) is 0 Å². The van der Waals surface area contributed by atoms with Crippen LogP contribution in [0.2, 0.25) is 0 Å². The molecule has 0 aliphatic heterocycles. The molecule has 8 nitrogen and oxygen atoms in total. The van der Waals surface area contributed by atoms with E-state index in [0.29, 0.717) is 22.6 Å². The Morgan fingerprint density at radius 1 is 1.11 bits per heavy atom. The summed E-state index contributed by atoms with van der Waals surface area (Å²) in [6, 6.07) is 15.0. The largest absolute Gasteiger partial charge is 0.341 e. The van der Waals surface area contributed by atoms with Crippen molar-refractivity contribution in [3.63, 3.8) is 0 Å². The van der Waals surface area contributed by atoms with Gasteiger partial charge in [-0.05, 0) is 50.2 Å². The summed E-state index contributed by atoms with van der Waals surface area (Å²) in [6.45, 7) is 3.32. The van der Waals surface area contributed by atoms with Crippen molar-refractivity contribution in [1.82, 2.24) is 15.5 Å². The minimum absolute atomic E-state index is 0.00442. The molecule has 0 unspecified atom stereocenters. The third kappa shape index (κ3) is 4.74. The van der Waals surface area contributed by atoms with Crippen LogP contribution in [0.1, 0.15) is 36.1 Å². The molecule has 9 heteroatoms. The van der Waals surface area contributed by atoms with E-state index < -0.39 is 16.1 Å². The van der Waals surface area contributed by atoms with Crippen molar-refractivity contribution in [1.29, 1.82) is 0 Å². The van der Waals surface area contributed by atoms with Crippen LogP contribution >= 0.6 is 0 Å². The summed E-state index contributed by atoms with van der Waals surface area (Å²) in [5, 5.41) is 6.74. The van der Waals surface area contributed by atoms with Crippen molar-refractivity contribution in [2.75, 3.05) is 10.5 Å². The topological polar surface area (TPSA) is 114 Å². The van der Waals surface area contributed by atoms with Crippen LogP contribution in [0.15, 0.2) is 59.1 Å². The van der Waals surface area contributed by atoms with Gasteiger partial charge in [-0.2, -0.15) is 4.98 Å². The fourth-order valence-electron chi connectivity index (χ4n) is 2.40. The van der Waals surface area contributed by atoms with Gasteiger partial charge >= 0.3 is 0 Å². The van der Waals surface area contributed by atoms with Crippen LogP contribution in [-0.4, -0.2) is 30.2 Å².